The first-order valence-corrected chi connectivity index (χ1v) is 8.23. The Bertz CT molecular complexity index is 267. The fourth-order valence-electron chi connectivity index (χ4n) is 5.01. The van der Waals surface area contributed by atoms with Gasteiger partial charge in [-0.1, -0.05) is 0 Å². The Balaban J connectivity index is 1.71. The van der Waals surface area contributed by atoms with Gasteiger partial charge in [0.1, 0.15) is 0 Å². The van der Waals surface area contributed by atoms with Gasteiger partial charge in [-0.3, -0.25) is 4.21 Å². The van der Waals surface area contributed by atoms with Crippen LogP contribution in [0.2, 0.25) is 0 Å². The highest BCUT2D eigenvalue weighted by Gasteiger charge is 2.51. The maximum absolute atomic E-state index is 12.0. The third-order valence-electron chi connectivity index (χ3n) is 4.98. The van der Waals surface area contributed by atoms with E-state index in [1.807, 2.05) is 0 Å². The number of nitrogens with two attached hydrogens (primary N) is 1. The van der Waals surface area contributed by atoms with Crippen molar-refractivity contribution in [3.05, 3.63) is 0 Å². The highest BCUT2D eigenvalue weighted by Crippen LogP contribution is 2.60. The molecule has 4 rings (SSSR count). The van der Waals surface area contributed by atoms with Crippen molar-refractivity contribution in [3.8, 4) is 0 Å². The van der Waals surface area contributed by atoms with Crippen LogP contribution < -0.4 is 5.73 Å². The summed E-state index contributed by atoms with van der Waals surface area (Å²) in [5.74, 6) is 4.58. The van der Waals surface area contributed by atoms with Gasteiger partial charge in [0.25, 0.3) is 0 Å². The summed E-state index contributed by atoms with van der Waals surface area (Å²) >= 11 is 0. The molecule has 0 spiro atoms. The lowest BCUT2D eigenvalue weighted by atomic mass is 9.50. The van der Waals surface area contributed by atoms with Crippen molar-refractivity contribution in [1.82, 2.24) is 0 Å². The zero-order chi connectivity index (χ0) is 11.2. The van der Waals surface area contributed by atoms with Crippen LogP contribution in [0.4, 0.5) is 0 Å². The van der Waals surface area contributed by atoms with Crippen LogP contribution in [-0.2, 0) is 10.8 Å². The molecule has 4 bridgehead atoms. The van der Waals surface area contributed by atoms with Crippen LogP contribution in [0.1, 0.15) is 38.5 Å². The van der Waals surface area contributed by atoms with Crippen LogP contribution in [0.25, 0.3) is 0 Å². The molecule has 0 aromatic heterocycles. The Morgan fingerprint density at radius 2 is 1.56 bits per heavy atom. The van der Waals surface area contributed by atoms with E-state index in [0.29, 0.717) is 17.7 Å². The van der Waals surface area contributed by atoms with E-state index in [0.717, 1.165) is 23.5 Å². The van der Waals surface area contributed by atoms with Crippen molar-refractivity contribution in [2.75, 3.05) is 18.1 Å². The maximum atomic E-state index is 12.0. The van der Waals surface area contributed by atoms with E-state index in [2.05, 4.69) is 0 Å². The average Bonchev–Trinajstić information content (AvgIpc) is 2.13. The Hall–Kier alpha value is 0.110. The smallest absolute Gasteiger partial charge is 0.0358 e. The largest absolute Gasteiger partial charge is 0.330 e. The molecule has 4 saturated carbocycles. The molecule has 0 radical (unpaired) electrons. The highest BCUT2D eigenvalue weighted by molar-refractivity contribution is 7.85. The second-order valence-electron chi connectivity index (χ2n) is 6.49. The van der Waals surface area contributed by atoms with Crippen LogP contribution in [0, 0.1) is 23.2 Å². The molecule has 0 saturated heterocycles. The van der Waals surface area contributed by atoms with Gasteiger partial charge in [-0.05, 0) is 61.7 Å². The molecule has 92 valence electrons. The highest BCUT2D eigenvalue weighted by atomic mass is 32.2. The molecular weight excluding hydrogens is 218 g/mol. The Labute approximate surface area is 101 Å². The van der Waals surface area contributed by atoms with Crippen molar-refractivity contribution in [1.29, 1.82) is 0 Å². The van der Waals surface area contributed by atoms with Gasteiger partial charge in [0.05, 0.1) is 0 Å². The first-order chi connectivity index (χ1) is 7.69. The lowest BCUT2D eigenvalue weighted by molar-refractivity contribution is -0.0386. The molecule has 4 aliphatic carbocycles. The number of rotatable bonds is 4. The molecule has 2 nitrogen and oxygen atoms in total. The minimum absolute atomic E-state index is 0.467. The van der Waals surface area contributed by atoms with Gasteiger partial charge in [-0.2, -0.15) is 0 Å². The van der Waals surface area contributed by atoms with E-state index in [1.165, 1.54) is 38.5 Å². The van der Waals surface area contributed by atoms with Crippen LogP contribution in [-0.4, -0.2) is 22.3 Å². The predicted molar refractivity (Wildman–Crippen MR) is 67.5 cm³/mol. The number of hydrogen-bond acceptors (Lipinski definition) is 2. The fourth-order valence-corrected chi connectivity index (χ4v) is 6.46. The molecule has 4 fully saturated rings. The third kappa shape index (κ3) is 1.97. The van der Waals surface area contributed by atoms with Gasteiger partial charge in [0, 0.05) is 28.9 Å². The summed E-state index contributed by atoms with van der Waals surface area (Å²) in [7, 11) is -0.657. The standard InChI is InChI=1S/C13H23NOS/c14-1-2-16(15)9-13-6-10-3-11(7-13)5-12(4-10)8-13/h10-12H,1-9,14H2. The molecule has 16 heavy (non-hydrogen) atoms. The Morgan fingerprint density at radius 1 is 1.06 bits per heavy atom. The quantitative estimate of drug-likeness (QED) is 0.817. The van der Waals surface area contributed by atoms with Crippen LogP contribution in [0.3, 0.4) is 0 Å². The summed E-state index contributed by atoms with van der Waals surface area (Å²) in [6.45, 7) is 0.582. The first-order valence-electron chi connectivity index (χ1n) is 6.74. The van der Waals surface area contributed by atoms with Crippen LogP contribution in [0.5, 0.6) is 0 Å². The van der Waals surface area contributed by atoms with Gasteiger partial charge in [0.15, 0.2) is 0 Å². The van der Waals surface area contributed by atoms with Crippen LogP contribution >= 0.6 is 0 Å². The van der Waals surface area contributed by atoms with E-state index >= 15 is 0 Å². The van der Waals surface area contributed by atoms with E-state index in [9.17, 15) is 4.21 Å². The molecule has 0 aromatic carbocycles. The van der Waals surface area contributed by atoms with Crippen molar-refractivity contribution in [2.24, 2.45) is 28.9 Å². The second kappa shape index (κ2) is 4.09. The van der Waals surface area contributed by atoms with Crippen LogP contribution in [0.15, 0.2) is 0 Å². The zero-order valence-corrected chi connectivity index (χ0v) is 10.8. The average molecular weight is 241 g/mol. The molecule has 2 N–H and O–H groups in total. The van der Waals surface area contributed by atoms with Gasteiger partial charge in [-0.25, -0.2) is 0 Å². The Morgan fingerprint density at radius 3 is 2.00 bits per heavy atom. The SMILES string of the molecule is NCCS(=O)CC12CC3CC(CC(C3)C1)C2. The lowest BCUT2D eigenvalue weighted by Crippen LogP contribution is -2.48. The molecule has 1 atom stereocenters. The van der Waals surface area contributed by atoms with E-state index in [-0.39, 0.29) is 0 Å². The lowest BCUT2D eigenvalue weighted by Gasteiger charge is -2.56. The number of hydrogen-bond donors (Lipinski definition) is 1. The summed E-state index contributed by atoms with van der Waals surface area (Å²) < 4.78 is 12.0. The van der Waals surface area contributed by atoms with E-state index in [1.54, 1.807) is 0 Å². The zero-order valence-electron chi connectivity index (χ0n) is 9.99. The normalized spacial score (nSPS) is 47.2. The van der Waals surface area contributed by atoms with Gasteiger partial charge >= 0.3 is 0 Å². The molecule has 0 heterocycles. The Kier molecular flexibility index (Phi) is 2.87. The summed E-state index contributed by atoms with van der Waals surface area (Å²) in [6, 6.07) is 0. The predicted octanol–water partition coefficient (Wildman–Crippen LogP) is 1.91. The molecular formula is C13H23NOS. The van der Waals surface area contributed by atoms with Crippen molar-refractivity contribution in [3.63, 3.8) is 0 Å². The van der Waals surface area contributed by atoms with Crippen molar-refractivity contribution in [2.45, 2.75) is 38.5 Å². The van der Waals surface area contributed by atoms with Gasteiger partial charge in [0.2, 0.25) is 0 Å². The maximum Gasteiger partial charge on any atom is 0.0358 e. The minimum atomic E-state index is -0.657. The minimum Gasteiger partial charge on any atom is -0.330 e. The molecule has 0 aliphatic heterocycles. The molecule has 3 heteroatoms. The summed E-state index contributed by atoms with van der Waals surface area (Å²) in [6.07, 6.45) is 8.54. The third-order valence-corrected chi connectivity index (χ3v) is 6.60. The topological polar surface area (TPSA) is 43.1 Å². The van der Waals surface area contributed by atoms with E-state index < -0.39 is 10.8 Å². The molecule has 1 unspecified atom stereocenters. The monoisotopic (exact) mass is 241 g/mol. The first kappa shape index (κ1) is 11.2. The van der Waals surface area contributed by atoms with Gasteiger partial charge in [-0.15, -0.1) is 0 Å². The molecule has 0 amide bonds. The van der Waals surface area contributed by atoms with Gasteiger partial charge < -0.3 is 5.73 Å². The molecule has 0 aromatic rings. The van der Waals surface area contributed by atoms with Crippen molar-refractivity contribution >= 4 is 10.8 Å². The van der Waals surface area contributed by atoms with Crippen molar-refractivity contribution < 1.29 is 4.21 Å². The fraction of sp³-hybridized carbons (Fsp3) is 1.00. The summed E-state index contributed by atoms with van der Waals surface area (Å²) in [5.41, 5.74) is 5.97. The molecule has 4 aliphatic rings. The van der Waals surface area contributed by atoms with E-state index in [4.69, 9.17) is 5.73 Å². The summed E-state index contributed by atoms with van der Waals surface area (Å²) in [4.78, 5) is 0. The summed E-state index contributed by atoms with van der Waals surface area (Å²) in [5, 5.41) is 0. The second-order valence-corrected chi connectivity index (χ2v) is 8.07.